The molecule has 0 aliphatic carbocycles. The van der Waals surface area contributed by atoms with E-state index in [9.17, 15) is 9.59 Å². The van der Waals surface area contributed by atoms with Gasteiger partial charge in [0.05, 0.1) is 15.1 Å². The molecule has 0 aliphatic heterocycles. The van der Waals surface area contributed by atoms with Gasteiger partial charge in [-0.2, -0.15) is 0 Å². The number of anilines is 1. The minimum atomic E-state index is -0.469. The Balaban J connectivity index is 1.79. The summed E-state index contributed by atoms with van der Waals surface area (Å²) in [6, 6.07) is 9.38. The van der Waals surface area contributed by atoms with Crippen molar-refractivity contribution >= 4 is 63.9 Å². The zero-order chi connectivity index (χ0) is 20.7. The molecule has 2 rings (SSSR count). The molecule has 0 radical (unpaired) electrons. The Bertz CT molecular complexity index is 919. The van der Waals surface area contributed by atoms with E-state index in [1.54, 1.807) is 31.2 Å². The van der Waals surface area contributed by atoms with Crippen molar-refractivity contribution in [3.63, 3.8) is 0 Å². The summed E-state index contributed by atoms with van der Waals surface area (Å²) >= 11 is 23.5. The second-order valence-corrected chi connectivity index (χ2v) is 7.14. The molecule has 0 spiro atoms. The Morgan fingerprint density at radius 1 is 0.964 bits per heavy atom. The molecule has 0 fully saturated rings. The monoisotopic (exact) mass is 461 g/mol. The maximum atomic E-state index is 12.0. The first-order chi connectivity index (χ1) is 13.2. The van der Waals surface area contributed by atoms with Gasteiger partial charge >= 0.3 is 0 Å². The second kappa shape index (κ2) is 10.4. The molecule has 148 valence electrons. The van der Waals surface area contributed by atoms with Crippen LogP contribution in [0.25, 0.3) is 0 Å². The van der Waals surface area contributed by atoms with Crippen LogP contribution in [-0.2, 0) is 9.59 Å². The first-order valence-corrected chi connectivity index (χ1v) is 9.33. The molecular formula is C18H15Cl4N3O3. The third-order valence-corrected chi connectivity index (χ3v) is 4.46. The van der Waals surface area contributed by atoms with E-state index in [2.05, 4.69) is 16.2 Å². The summed E-state index contributed by atoms with van der Waals surface area (Å²) in [4.78, 5) is 23.8. The van der Waals surface area contributed by atoms with Crippen molar-refractivity contribution in [1.82, 2.24) is 10.9 Å². The van der Waals surface area contributed by atoms with Crippen LogP contribution in [0.15, 0.2) is 48.2 Å². The molecule has 6 nitrogen and oxygen atoms in total. The van der Waals surface area contributed by atoms with Gasteiger partial charge in [-0.3, -0.25) is 15.0 Å². The van der Waals surface area contributed by atoms with E-state index in [0.717, 1.165) is 0 Å². The van der Waals surface area contributed by atoms with Gasteiger partial charge in [0.1, 0.15) is 5.75 Å². The number of halogens is 4. The molecule has 0 aromatic heterocycles. The molecule has 3 N–H and O–H groups in total. The lowest BCUT2D eigenvalue weighted by molar-refractivity contribution is -0.124. The summed E-state index contributed by atoms with van der Waals surface area (Å²) in [6.07, 6.45) is 1.26. The number of rotatable bonds is 7. The van der Waals surface area contributed by atoms with Gasteiger partial charge in [-0.1, -0.05) is 46.4 Å². The lowest BCUT2D eigenvalue weighted by Crippen LogP contribution is -2.39. The zero-order valence-electron chi connectivity index (χ0n) is 14.5. The fourth-order valence-electron chi connectivity index (χ4n) is 1.92. The van der Waals surface area contributed by atoms with Gasteiger partial charge < -0.3 is 15.5 Å². The molecule has 0 saturated heterocycles. The van der Waals surface area contributed by atoms with Crippen molar-refractivity contribution in [2.45, 2.75) is 6.92 Å². The maximum Gasteiger partial charge on any atom is 0.276 e. The number of allylic oxidation sites excluding steroid dienone is 1. The predicted octanol–water partition coefficient (Wildman–Crippen LogP) is 4.84. The van der Waals surface area contributed by atoms with Crippen LogP contribution in [0.5, 0.6) is 5.75 Å². The molecule has 0 saturated carbocycles. The van der Waals surface area contributed by atoms with Gasteiger partial charge in [-0.25, -0.2) is 0 Å². The average Bonchev–Trinajstić information content (AvgIpc) is 2.62. The zero-order valence-corrected chi connectivity index (χ0v) is 17.5. The van der Waals surface area contributed by atoms with Crippen molar-refractivity contribution in [1.29, 1.82) is 0 Å². The van der Waals surface area contributed by atoms with Crippen LogP contribution in [0.4, 0.5) is 5.69 Å². The van der Waals surface area contributed by atoms with E-state index in [1.807, 2.05) is 0 Å². The fourth-order valence-corrected chi connectivity index (χ4v) is 2.69. The van der Waals surface area contributed by atoms with E-state index in [4.69, 9.17) is 51.1 Å². The number of benzene rings is 2. The number of carbonyl (C=O) groups excluding carboxylic acids is 2. The predicted molar refractivity (Wildman–Crippen MR) is 112 cm³/mol. The van der Waals surface area contributed by atoms with Gasteiger partial charge in [0.15, 0.2) is 6.61 Å². The minimum Gasteiger partial charge on any atom is -0.482 e. The SMILES string of the molecule is CC(=CC(=O)Nc1ccc(Cl)c(Cl)c1)NNC(=O)COc1ccc(Cl)cc1Cl. The van der Waals surface area contributed by atoms with Crippen molar-refractivity contribution < 1.29 is 14.3 Å². The van der Waals surface area contributed by atoms with Crippen molar-refractivity contribution in [2.24, 2.45) is 0 Å². The van der Waals surface area contributed by atoms with Gasteiger partial charge in [-0.05, 0) is 43.3 Å². The average molecular weight is 463 g/mol. The van der Waals surface area contributed by atoms with Crippen LogP contribution in [0.2, 0.25) is 20.1 Å². The summed E-state index contributed by atoms with van der Waals surface area (Å²) in [5.74, 6) is -0.556. The molecule has 0 heterocycles. The first kappa shape index (κ1) is 22.2. The number of hydrazine groups is 1. The highest BCUT2D eigenvalue weighted by atomic mass is 35.5. The smallest absolute Gasteiger partial charge is 0.276 e. The Morgan fingerprint density at radius 3 is 2.39 bits per heavy atom. The highest BCUT2D eigenvalue weighted by Gasteiger charge is 2.07. The first-order valence-electron chi connectivity index (χ1n) is 7.81. The van der Waals surface area contributed by atoms with Gasteiger partial charge in [-0.15, -0.1) is 0 Å². The highest BCUT2D eigenvalue weighted by molar-refractivity contribution is 6.42. The Kier molecular flexibility index (Phi) is 8.26. The van der Waals surface area contributed by atoms with Crippen molar-refractivity contribution in [3.8, 4) is 5.75 Å². The highest BCUT2D eigenvalue weighted by Crippen LogP contribution is 2.27. The van der Waals surface area contributed by atoms with Crippen LogP contribution >= 0.6 is 46.4 Å². The summed E-state index contributed by atoms with van der Waals surface area (Å²) in [5.41, 5.74) is 5.88. The molecular weight excluding hydrogens is 448 g/mol. The molecule has 2 aromatic rings. The molecule has 2 amide bonds. The summed E-state index contributed by atoms with van der Waals surface area (Å²) in [6.45, 7) is 1.32. The number of ether oxygens (including phenoxy) is 1. The molecule has 0 unspecified atom stereocenters. The number of amides is 2. The van der Waals surface area contributed by atoms with E-state index in [0.29, 0.717) is 37.2 Å². The van der Waals surface area contributed by atoms with E-state index >= 15 is 0 Å². The van der Waals surface area contributed by atoms with E-state index < -0.39 is 11.8 Å². The molecule has 0 bridgehead atoms. The quantitative estimate of drug-likeness (QED) is 0.406. The molecule has 10 heteroatoms. The number of hydrogen-bond donors (Lipinski definition) is 3. The van der Waals surface area contributed by atoms with Crippen LogP contribution in [0, 0.1) is 0 Å². The largest absolute Gasteiger partial charge is 0.482 e. The van der Waals surface area contributed by atoms with Crippen LogP contribution in [0.1, 0.15) is 6.92 Å². The normalized spacial score (nSPS) is 11.0. The standard InChI is InChI=1S/C18H15Cl4N3O3/c1-10(6-17(26)23-12-3-4-13(20)14(21)8-12)24-25-18(27)9-28-16-5-2-11(19)7-15(16)22/h2-8,24H,9H2,1H3,(H,23,26)(H,25,27). The number of nitrogens with one attached hydrogen (secondary N) is 3. The summed E-state index contributed by atoms with van der Waals surface area (Å²) < 4.78 is 5.30. The Morgan fingerprint density at radius 2 is 1.71 bits per heavy atom. The van der Waals surface area contributed by atoms with Crippen molar-refractivity contribution in [2.75, 3.05) is 11.9 Å². The topological polar surface area (TPSA) is 79.5 Å². The van der Waals surface area contributed by atoms with Crippen LogP contribution in [0.3, 0.4) is 0 Å². The second-order valence-electron chi connectivity index (χ2n) is 5.48. The molecule has 0 atom stereocenters. The van der Waals surface area contributed by atoms with Crippen molar-refractivity contribution in [3.05, 3.63) is 68.3 Å². The Labute approximate surface area is 181 Å². The van der Waals surface area contributed by atoms with E-state index in [-0.39, 0.29) is 6.61 Å². The van der Waals surface area contributed by atoms with Gasteiger partial charge in [0.2, 0.25) is 5.91 Å². The third kappa shape index (κ3) is 7.13. The van der Waals surface area contributed by atoms with Crippen LogP contribution < -0.4 is 20.9 Å². The molecule has 2 aromatic carbocycles. The molecule has 28 heavy (non-hydrogen) atoms. The Hall–Kier alpha value is -2.12. The maximum absolute atomic E-state index is 12.0. The fraction of sp³-hybridized carbons (Fsp3) is 0.111. The van der Waals surface area contributed by atoms with Crippen LogP contribution in [-0.4, -0.2) is 18.4 Å². The van der Waals surface area contributed by atoms with Gasteiger partial charge in [0, 0.05) is 22.5 Å². The lowest BCUT2D eigenvalue weighted by atomic mass is 10.3. The van der Waals surface area contributed by atoms with E-state index in [1.165, 1.54) is 18.2 Å². The number of hydrogen-bond acceptors (Lipinski definition) is 4. The minimum absolute atomic E-state index is 0.281. The third-order valence-electron chi connectivity index (χ3n) is 3.19. The number of carbonyl (C=O) groups is 2. The molecule has 0 aliphatic rings. The summed E-state index contributed by atoms with van der Waals surface area (Å²) in [5, 5.41) is 4.09. The lowest BCUT2D eigenvalue weighted by Gasteiger charge is -2.11. The van der Waals surface area contributed by atoms with Gasteiger partial charge in [0.25, 0.3) is 5.91 Å². The summed E-state index contributed by atoms with van der Waals surface area (Å²) in [7, 11) is 0.